The third kappa shape index (κ3) is 1.42. The quantitative estimate of drug-likeness (QED) is 0.790. The van der Waals surface area contributed by atoms with Gasteiger partial charge in [0, 0.05) is 28.9 Å². The first-order valence-corrected chi connectivity index (χ1v) is 5.21. The van der Waals surface area contributed by atoms with Crippen LogP contribution in [0.4, 0.5) is 0 Å². The molecule has 1 N–H and O–H groups in total. The van der Waals surface area contributed by atoms with Crippen molar-refractivity contribution in [2.75, 3.05) is 0 Å². The average molecular weight is 199 g/mol. The summed E-state index contributed by atoms with van der Waals surface area (Å²) in [6.45, 7) is 2.84. The molecule has 1 aliphatic rings. The molecule has 0 aliphatic carbocycles. The van der Waals surface area contributed by atoms with Crippen molar-refractivity contribution >= 4 is 0 Å². The van der Waals surface area contributed by atoms with E-state index in [9.17, 15) is 0 Å². The minimum Gasteiger partial charge on any atom is -0.488 e. The van der Waals surface area contributed by atoms with Crippen LogP contribution in [0.25, 0.3) is 0 Å². The highest BCUT2D eigenvalue weighted by atomic mass is 16.5. The third-order valence-electron chi connectivity index (χ3n) is 2.82. The zero-order chi connectivity index (χ0) is 10.3. The number of benzene rings is 1. The summed E-state index contributed by atoms with van der Waals surface area (Å²) in [6, 6.07) is 10.6. The average Bonchev–Trinajstić information content (AvgIpc) is 2.55. The molecular weight excluding hydrogens is 186 g/mol. The van der Waals surface area contributed by atoms with Gasteiger partial charge in [0.2, 0.25) is 0 Å². The number of aromatic amines is 1. The molecule has 0 saturated carbocycles. The number of aryl methyl sites for hydroxylation is 1. The van der Waals surface area contributed by atoms with Crippen molar-refractivity contribution in [1.29, 1.82) is 0 Å². The van der Waals surface area contributed by atoms with E-state index in [4.69, 9.17) is 4.74 Å². The van der Waals surface area contributed by atoms with E-state index in [2.05, 4.69) is 42.2 Å². The van der Waals surface area contributed by atoms with Gasteiger partial charge in [0.25, 0.3) is 0 Å². The van der Waals surface area contributed by atoms with Gasteiger partial charge in [-0.25, -0.2) is 0 Å². The van der Waals surface area contributed by atoms with E-state index in [1.165, 1.54) is 22.5 Å². The number of ether oxygens (including phenoxy) is 1. The highest BCUT2D eigenvalue weighted by Gasteiger charge is 2.18. The first-order chi connectivity index (χ1) is 7.33. The third-order valence-corrected chi connectivity index (χ3v) is 2.82. The Hall–Kier alpha value is -1.70. The number of hydrogen-bond donors (Lipinski definition) is 1. The van der Waals surface area contributed by atoms with E-state index >= 15 is 0 Å². The lowest BCUT2D eigenvalue weighted by molar-refractivity contribution is 0.240. The maximum Gasteiger partial charge on any atom is 0.130 e. The Balaban J connectivity index is 1.91. The molecule has 2 aromatic rings. The second-order valence-electron chi connectivity index (χ2n) is 4.04. The molecule has 0 unspecified atom stereocenters. The summed E-state index contributed by atoms with van der Waals surface area (Å²) in [7, 11) is 0. The molecule has 0 spiro atoms. The maximum atomic E-state index is 5.47. The lowest BCUT2D eigenvalue weighted by Gasteiger charge is -2.23. The Labute approximate surface area is 88.9 Å². The summed E-state index contributed by atoms with van der Waals surface area (Å²) in [4.78, 5) is 3.34. The standard InChI is InChI=1S/C13H13NO/c1-9-5-6-12(14-9)7-10-3-2-4-11-8-15-13(10)11/h2-6,14H,7-8H2,1H3. The van der Waals surface area contributed by atoms with E-state index in [1.54, 1.807) is 0 Å². The van der Waals surface area contributed by atoms with Gasteiger partial charge in [0.1, 0.15) is 12.4 Å². The van der Waals surface area contributed by atoms with Gasteiger partial charge < -0.3 is 9.72 Å². The molecule has 0 bridgehead atoms. The molecule has 0 fully saturated rings. The van der Waals surface area contributed by atoms with Crippen LogP contribution in [0.5, 0.6) is 5.75 Å². The molecule has 1 aliphatic heterocycles. The predicted octanol–water partition coefficient (Wildman–Crippen LogP) is 2.81. The zero-order valence-corrected chi connectivity index (χ0v) is 8.71. The van der Waals surface area contributed by atoms with Crippen molar-refractivity contribution in [3.8, 4) is 5.75 Å². The van der Waals surface area contributed by atoms with Gasteiger partial charge in [-0.1, -0.05) is 18.2 Å². The summed E-state index contributed by atoms with van der Waals surface area (Å²) in [5.41, 5.74) is 5.06. The fourth-order valence-corrected chi connectivity index (χ4v) is 2.02. The fraction of sp³-hybridized carbons (Fsp3) is 0.231. The van der Waals surface area contributed by atoms with Gasteiger partial charge in [0.15, 0.2) is 0 Å². The van der Waals surface area contributed by atoms with Crippen molar-refractivity contribution in [1.82, 2.24) is 4.98 Å². The van der Waals surface area contributed by atoms with Gasteiger partial charge in [0.05, 0.1) is 0 Å². The minimum absolute atomic E-state index is 0.771. The largest absolute Gasteiger partial charge is 0.488 e. The second kappa shape index (κ2) is 3.16. The molecule has 2 heteroatoms. The molecule has 0 saturated heterocycles. The molecule has 3 rings (SSSR count). The molecule has 76 valence electrons. The molecule has 2 nitrogen and oxygen atoms in total. The van der Waals surface area contributed by atoms with Crippen molar-refractivity contribution in [2.45, 2.75) is 20.0 Å². The molecular formula is C13H13NO. The Kier molecular flexibility index (Phi) is 1.81. The van der Waals surface area contributed by atoms with E-state index < -0.39 is 0 Å². The number of nitrogens with one attached hydrogen (secondary N) is 1. The van der Waals surface area contributed by atoms with Crippen LogP contribution in [-0.4, -0.2) is 4.98 Å². The normalized spacial score (nSPS) is 12.9. The van der Waals surface area contributed by atoms with Gasteiger partial charge >= 0.3 is 0 Å². The topological polar surface area (TPSA) is 25.0 Å². The Bertz CT molecular complexity index is 499. The second-order valence-corrected chi connectivity index (χ2v) is 4.04. The van der Waals surface area contributed by atoms with Crippen LogP contribution in [0.15, 0.2) is 30.3 Å². The summed E-state index contributed by atoms with van der Waals surface area (Å²) < 4.78 is 5.47. The molecule has 2 heterocycles. The first-order valence-electron chi connectivity index (χ1n) is 5.21. The van der Waals surface area contributed by atoms with Crippen molar-refractivity contribution in [2.24, 2.45) is 0 Å². The van der Waals surface area contributed by atoms with Crippen LogP contribution < -0.4 is 4.74 Å². The van der Waals surface area contributed by atoms with Crippen LogP contribution in [0.3, 0.4) is 0 Å². The minimum atomic E-state index is 0.771. The van der Waals surface area contributed by atoms with Crippen LogP contribution in [0, 0.1) is 6.92 Å². The predicted molar refractivity (Wildman–Crippen MR) is 59.1 cm³/mol. The van der Waals surface area contributed by atoms with Crippen molar-refractivity contribution in [3.05, 3.63) is 52.8 Å². The first kappa shape index (κ1) is 8.60. The monoisotopic (exact) mass is 199 g/mol. The SMILES string of the molecule is Cc1ccc(Cc2cccc3c2OC3)[nH]1. The van der Waals surface area contributed by atoms with E-state index in [0.29, 0.717) is 0 Å². The van der Waals surface area contributed by atoms with Crippen LogP contribution in [-0.2, 0) is 13.0 Å². The molecule has 0 atom stereocenters. The molecule has 0 radical (unpaired) electrons. The highest BCUT2D eigenvalue weighted by Crippen LogP contribution is 2.33. The maximum absolute atomic E-state index is 5.47. The van der Waals surface area contributed by atoms with Gasteiger partial charge in [-0.2, -0.15) is 0 Å². The Morgan fingerprint density at radius 1 is 1.27 bits per heavy atom. The number of rotatable bonds is 2. The van der Waals surface area contributed by atoms with E-state index in [-0.39, 0.29) is 0 Å². The molecule has 0 amide bonds. The fourth-order valence-electron chi connectivity index (χ4n) is 2.02. The molecule has 1 aromatic heterocycles. The van der Waals surface area contributed by atoms with E-state index in [1.807, 2.05) is 0 Å². The van der Waals surface area contributed by atoms with Crippen molar-refractivity contribution < 1.29 is 4.74 Å². The summed E-state index contributed by atoms with van der Waals surface area (Å²) in [5.74, 6) is 1.09. The lowest BCUT2D eigenvalue weighted by atomic mass is 10.0. The Morgan fingerprint density at radius 2 is 2.20 bits per heavy atom. The summed E-state index contributed by atoms with van der Waals surface area (Å²) in [6.07, 6.45) is 0.928. The van der Waals surface area contributed by atoms with Gasteiger partial charge in [-0.15, -0.1) is 0 Å². The summed E-state index contributed by atoms with van der Waals surface area (Å²) in [5, 5.41) is 0. The number of para-hydroxylation sites is 1. The van der Waals surface area contributed by atoms with Crippen molar-refractivity contribution in [3.63, 3.8) is 0 Å². The number of hydrogen-bond acceptors (Lipinski definition) is 1. The van der Waals surface area contributed by atoms with E-state index in [0.717, 1.165) is 18.8 Å². The zero-order valence-electron chi connectivity index (χ0n) is 8.71. The summed E-state index contributed by atoms with van der Waals surface area (Å²) >= 11 is 0. The van der Waals surface area contributed by atoms with Crippen LogP contribution >= 0.6 is 0 Å². The van der Waals surface area contributed by atoms with Crippen LogP contribution in [0.2, 0.25) is 0 Å². The molecule has 1 aromatic carbocycles. The molecule has 15 heavy (non-hydrogen) atoms. The number of fused-ring (bicyclic) bond motifs is 1. The van der Waals surface area contributed by atoms with Gasteiger partial charge in [-0.05, 0) is 19.1 Å². The number of aromatic nitrogens is 1. The lowest BCUT2D eigenvalue weighted by Crippen LogP contribution is -2.11. The number of H-pyrrole nitrogens is 1. The van der Waals surface area contributed by atoms with Gasteiger partial charge in [-0.3, -0.25) is 0 Å². The van der Waals surface area contributed by atoms with Crippen LogP contribution in [0.1, 0.15) is 22.5 Å². The smallest absolute Gasteiger partial charge is 0.130 e. The highest BCUT2D eigenvalue weighted by molar-refractivity contribution is 5.47. The Morgan fingerprint density at radius 3 is 2.87 bits per heavy atom.